The lowest BCUT2D eigenvalue weighted by molar-refractivity contribution is -0.131. The summed E-state index contributed by atoms with van der Waals surface area (Å²) >= 11 is 0. The number of nitrogens with one attached hydrogen (secondary N) is 1. The lowest BCUT2D eigenvalue weighted by Crippen LogP contribution is -2.27. The van der Waals surface area contributed by atoms with Gasteiger partial charge in [-0.2, -0.15) is 0 Å². The summed E-state index contributed by atoms with van der Waals surface area (Å²) in [5, 5.41) is 11.4. The van der Waals surface area contributed by atoms with Gasteiger partial charge in [0.15, 0.2) is 0 Å². The molecule has 1 rings (SSSR count). The molecular weight excluding hydrogens is 278 g/mol. The Kier molecular flexibility index (Phi) is 4.91. The highest BCUT2D eigenvalue weighted by atomic mass is 16.6. The van der Waals surface area contributed by atoms with Crippen molar-refractivity contribution in [1.82, 2.24) is 0 Å². The van der Waals surface area contributed by atoms with E-state index in [0.29, 0.717) is 0 Å². The number of hydrogen-bond acceptors (Lipinski definition) is 5. The number of amides is 1. The highest BCUT2D eigenvalue weighted by Gasteiger charge is 2.18. The summed E-state index contributed by atoms with van der Waals surface area (Å²) in [5.41, 5.74) is -0.588. The first-order valence-electron chi connectivity index (χ1n) is 6.14. The smallest absolute Gasteiger partial charge is 0.412 e. The average molecular weight is 295 g/mol. The molecule has 0 spiro atoms. The summed E-state index contributed by atoms with van der Waals surface area (Å²) in [4.78, 5) is 33.6. The maximum Gasteiger partial charge on any atom is 0.412 e. The molecule has 0 heterocycles. The van der Waals surface area contributed by atoms with Crippen molar-refractivity contribution in [3.8, 4) is 5.75 Å². The van der Waals surface area contributed by atoms with Gasteiger partial charge in [0.1, 0.15) is 16.9 Å². The molecule has 0 saturated carbocycles. The molecular formula is C14H17NO6. The molecule has 0 saturated heterocycles. The van der Waals surface area contributed by atoms with Gasteiger partial charge in [-0.3, -0.25) is 10.1 Å². The molecule has 1 aromatic carbocycles. The maximum atomic E-state index is 11.6. The third-order valence-corrected chi connectivity index (χ3v) is 2.11. The van der Waals surface area contributed by atoms with E-state index in [1.165, 1.54) is 18.2 Å². The van der Waals surface area contributed by atoms with E-state index in [2.05, 4.69) is 5.32 Å². The number of rotatable bonds is 3. The van der Waals surface area contributed by atoms with Gasteiger partial charge >= 0.3 is 18.0 Å². The average Bonchev–Trinajstić information content (AvgIpc) is 2.24. The van der Waals surface area contributed by atoms with Crippen LogP contribution in [0.15, 0.2) is 18.2 Å². The summed E-state index contributed by atoms with van der Waals surface area (Å²) < 4.78 is 9.88. The molecule has 0 aromatic heterocycles. The number of aromatic carboxylic acids is 1. The van der Waals surface area contributed by atoms with Gasteiger partial charge in [-0.25, -0.2) is 9.59 Å². The van der Waals surface area contributed by atoms with Crippen molar-refractivity contribution in [2.24, 2.45) is 0 Å². The molecule has 21 heavy (non-hydrogen) atoms. The predicted octanol–water partition coefficient (Wildman–Crippen LogP) is 2.66. The Balaban J connectivity index is 2.97. The number of ether oxygens (including phenoxy) is 2. The molecule has 7 heteroatoms. The zero-order valence-electron chi connectivity index (χ0n) is 12.2. The van der Waals surface area contributed by atoms with Crippen LogP contribution in [-0.4, -0.2) is 28.7 Å². The molecule has 7 nitrogen and oxygen atoms in total. The fourth-order valence-corrected chi connectivity index (χ4v) is 1.44. The Bertz CT molecular complexity index is 573. The van der Waals surface area contributed by atoms with Gasteiger partial charge in [0.05, 0.1) is 0 Å². The molecule has 2 N–H and O–H groups in total. The third-order valence-electron chi connectivity index (χ3n) is 2.11. The zero-order valence-corrected chi connectivity index (χ0v) is 12.2. The Morgan fingerprint density at radius 1 is 1.19 bits per heavy atom. The number of carboxylic acids is 1. The number of anilines is 1. The topological polar surface area (TPSA) is 102 Å². The normalized spacial score (nSPS) is 10.7. The lowest BCUT2D eigenvalue weighted by Gasteiger charge is -2.19. The first kappa shape index (κ1) is 16.5. The molecule has 114 valence electrons. The number of carboxylic acid groups (broad SMARTS) is 1. The van der Waals surface area contributed by atoms with Crippen LogP contribution in [0.2, 0.25) is 0 Å². The summed E-state index contributed by atoms with van der Waals surface area (Å²) in [5.74, 6) is -2.05. The first-order chi connectivity index (χ1) is 9.58. The van der Waals surface area contributed by atoms with Crippen molar-refractivity contribution in [3.63, 3.8) is 0 Å². The highest BCUT2D eigenvalue weighted by Crippen LogP contribution is 2.24. The second-order valence-corrected chi connectivity index (χ2v) is 5.24. The van der Waals surface area contributed by atoms with Crippen molar-refractivity contribution >= 4 is 23.7 Å². The van der Waals surface area contributed by atoms with E-state index in [-0.39, 0.29) is 17.0 Å². The highest BCUT2D eigenvalue weighted by molar-refractivity contribution is 5.94. The Labute approximate surface area is 121 Å². The molecule has 0 radical (unpaired) electrons. The predicted molar refractivity (Wildman–Crippen MR) is 74.6 cm³/mol. The molecule has 0 aliphatic heterocycles. The third kappa shape index (κ3) is 5.52. The van der Waals surface area contributed by atoms with E-state index >= 15 is 0 Å². The molecule has 1 amide bonds. The monoisotopic (exact) mass is 295 g/mol. The van der Waals surface area contributed by atoms with Gasteiger partial charge < -0.3 is 14.6 Å². The zero-order chi connectivity index (χ0) is 16.2. The van der Waals surface area contributed by atoms with Crippen molar-refractivity contribution in [2.45, 2.75) is 33.3 Å². The lowest BCUT2D eigenvalue weighted by atomic mass is 10.2. The van der Waals surface area contributed by atoms with Crippen molar-refractivity contribution in [1.29, 1.82) is 0 Å². The Morgan fingerprint density at radius 2 is 1.81 bits per heavy atom. The number of carbonyl (C=O) groups excluding carboxylic acids is 2. The van der Waals surface area contributed by atoms with Crippen LogP contribution in [0, 0.1) is 0 Å². The van der Waals surface area contributed by atoms with Gasteiger partial charge in [0.2, 0.25) is 0 Å². The van der Waals surface area contributed by atoms with Gasteiger partial charge in [-0.05, 0) is 32.9 Å². The Hall–Kier alpha value is -2.57. The van der Waals surface area contributed by atoms with Crippen LogP contribution in [0.4, 0.5) is 10.5 Å². The van der Waals surface area contributed by atoms with Crippen LogP contribution >= 0.6 is 0 Å². The summed E-state index contributed by atoms with van der Waals surface area (Å²) in [6.07, 6.45) is -0.695. The van der Waals surface area contributed by atoms with E-state index in [1.807, 2.05) is 0 Å². The van der Waals surface area contributed by atoms with E-state index in [9.17, 15) is 14.4 Å². The molecule has 0 fully saturated rings. The molecule has 1 aromatic rings. The van der Waals surface area contributed by atoms with Crippen LogP contribution in [0.3, 0.4) is 0 Å². The molecule has 0 bridgehead atoms. The van der Waals surface area contributed by atoms with E-state index < -0.39 is 23.6 Å². The largest absolute Gasteiger partial charge is 0.478 e. The minimum absolute atomic E-state index is 0.149. The van der Waals surface area contributed by atoms with Crippen molar-refractivity contribution in [2.75, 3.05) is 5.32 Å². The molecule has 0 unspecified atom stereocenters. The van der Waals surface area contributed by atoms with Gasteiger partial charge in [0.25, 0.3) is 0 Å². The molecule has 0 atom stereocenters. The minimum Gasteiger partial charge on any atom is -0.478 e. The first-order valence-corrected chi connectivity index (χ1v) is 6.14. The second-order valence-electron chi connectivity index (χ2n) is 5.24. The fourth-order valence-electron chi connectivity index (χ4n) is 1.44. The van der Waals surface area contributed by atoms with E-state index in [1.54, 1.807) is 20.8 Å². The van der Waals surface area contributed by atoms with Crippen LogP contribution in [-0.2, 0) is 9.53 Å². The minimum atomic E-state index is -1.24. The molecule has 0 aliphatic rings. The quantitative estimate of drug-likeness (QED) is 0.656. The van der Waals surface area contributed by atoms with Gasteiger partial charge in [0, 0.05) is 18.7 Å². The number of carbonyl (C=O) groups is 3. The van der Waals surface area contributed by atoms with Crippen LogP contribution in [0.5, 0.6) is 5.75 Å². The summed E-state index contributed by atoms with van der Waals surface area (Å²) in [6.45, 7) is 6.29. The standard InChI is InChI=1S/C14H17NO6/c1-8(16)20-11-7-9(5-6-10(11)12(17)18)15-13(19)21-14(2,3)4/h5-7H,1-4H3,(H,15,19)(H,17,18). The summed E-state index contributed by atoms with van der Waals surface area (Å²) in [6, 6.07) is 3.85. The Morgan fingerprint density at radius 3 is 2.29 bits per heavy atom. The van der Waals surface area contributed by atoms with E-state index in [0.717, 1.165) is 6.92 Å². The van der Waals surface area contributed by atoms with Crippen LogP contribution in [0.1, 0.15) is 38.1 Å². The molecule has 0 aliphatic carbocycles. The van der Waals surface area contributed by atoms with Gasteiger partial charge in [-0.15, -0.1) is 0 Å². The summed E-state index contributed by atoms with van der Waals surface area (Å²) in [7, 11) is 0. The van der Waals surface area contributed by atoms with Gasteiger partial charge in [-0.1, -0.05) is 0 Å². The number of esters is 1. The van der Waals surface area contributed by atoms with Crippen LogP contribution < -0.4 is 10.1 Å². The van der Waals surface area contributed by atoms with E-state index in [4.69, 9.17) is 14.6 Å². The SMILES string of the molecule is CC(=O)Oc1cc(NC(=O)OC(C)(C)C)ccc1C(=O)O. The van der Waals surface area contributed by atoms with Crippen molar-refractivity contribution < 1.29 is 29.0 Å². The number of hydrogen-bond donors (Lipinski definition) is 2. The van der Waals surface area contributed by atoms with Crippen LogP contribution in [0.25, 0.3) is 0 Å². The second kappa shape index (κ2) is 6.25. The maximum absolute atomic E-state index is 11.6. The van der Waals surface area contributed by atoms with Crippen molar-refractivity contribution in [3.05, 3.63) is 23.8 Å². The number of benzene rings is 1. The fraction of sp³-hybridized carbons (Fsp3) is 0.357.